The minimum absolute atomic E-state index is 0.00788. The van der Waals surface area contributed by atoms with Crippen LogP contribution in [0.5, 0.6) is 0 Å². The molecule has 0 bridgehead atoms. The zero-order chi connectivity index (χ0) is 20.0. The number of aliphatic hydroxyl groups excluding tert-OH is 1. The van der Waals surface area contributed by atoms with Crippen LogP contribution in [-0.2, 0) is 9.59 Å². The summed E-state index contributed by atoms with van der Waals surface area (Å²) in [5, 5.41) is 22.6. The summed E-state index contributed by atoms with van der Waals surface area (Å²) in [6.07, 6.45) is 7.40. The third-order valence-electron chi connectivity index (χ3n) is 8.82. The van der Waals surface area contributed by atoms with Gasteiger partial charge < -0.3 is 10.2 Å². The molecule has 0 aliphatic heterocycles. The fraction of sp³-hybridized carbons (Fsp3) is 0.739. The number of aliphatic hydroxyl groups is 2. The van der Waals surface area contributed by atoms with Crippen LogP contribution in [0.4, 0.5) is 0 Å². The molecule has 0 saturated heterocycles. The van der Waals surface area contributed by atoms with E-state index in [1.807, 2.05) is 13.0 Å². The predicted molar refractivity (Wildman–Crippen MR) is 103 cm³/mol. The second-order valence-corrected chi connectivity index (χ2v) is 10.6. The number of fused-ring (bicyclic) bond motifs is 5. The minimum Gasteiger partial charge on any atom is -0.393 e. The van der Waals surface area contributed by atoms with Crippen molar-refractivity contribution in [1.82, 2.24) is 0 Å². The van der Waals surface area contributed by atoms with Crippen molar-refractivity contribution in [2.45, 2.75) is 72.0 Å². The van der Waals surface area contributed by atoms with E-state index >= 15 is 0 Å². The SMILES string of the molecule is CC(=O)[C@@]1(O)CC[C@H]2[C@@H]3CC(C)(C)C4=CC(=O)C=C[C@]4(C)[C@H]3C(O)C[C@@]21C. The highest BCUT2D eigenvalue weighted by molar-refractivity contribution is 6.01. The van der Waals surface area contributed by atoms with Gasteiger partial charge >= 0.3 is 0 Å². The van der Waals surface area contributed by atoms with Gasteiger partial charge in [-0.15, -0.1) is 0 Å². The standard InChI is InChI=1S/C23H32O4/c1-13(24)23(27)9-7-16-15-11-20(2,3)18-10-14(25)6-8-21(18,4)19(15)17(26)12-22(16,23)5/h6,8,10,15-17,19,26-27H,7,9,11-12H2,1-5H3/t15-,16-,17?,19+,21-,22-,23-/m0/s1. The third kappa shape index (κ3) is 2.23. The summed E-state index contributed by atoms with van der Waals surface area (Å²) >= 11 is 0. The van der Waals surface area contributed by atoms with Crippen LogP contribution in [0.1, 0.15) is 60.3 Å². The fourth-order valence-corrected chi connectivity index (χ4v) is 7.68. The first-order valence-corrected chi connectivity index (χ1v) is 10.2. The van der Waals surface area contributed by atoms with Crippen molar-refractivity contribution in [3.63, 3.8) is 0 Å². The Balaban J connectivity index is 1.84. The van der Waals surface area contributed by atoms with Gasteiger partial charge in [-0.05, 0) is 62.0 Å². The Bertz CT molecular complexity index is 777. The van der Waals surface area contributed by atoms with E-state index < -0.39 is 17.1 Å². The number of carbonyl (C=O) groups excluding carboxylic acids is 2. The molecular weight excluding hydrogens is 340 g/mol. The molecule has 3 saturated carbocycles. The highest BCUT2D eigenvalue weighted by Gasteiger charge is 2.68. The maximum Gasteiger partial charge on any atom is 0.178 e. The summed E-state index contributed by atoms with van der Waals surface area (Å²) in [7, 11) is 0. The lowest BCUT2D eigenvalue weighted by molar-refractivity contribution is -0.179. The monoisotopic (exact) mass is 372 g/mol. The summed E-state index contributed by atoms with van der Waals surface area (Å²) < 4.78 is 0. The van der Waals surface area contributed by atoms with Crippen LogP contribution in [0.3, 0.4) is 0 Å². The first kappa shape index (κ1) is 19.1. The molecule has 0 spiro atoms. The van der Waals surface area contributed by atoms with Crippen LogP contribution >= 0.6 is 0 Å². The van der Waals surface area contributed by atoms with E-state index in [0.29, 0.717) is 12.8 Å². The van der Waals surface area contributed by atoms with Crippen molar-refractivity contribution < 1.29 is 19.8 Å². The van der Waals surface area contributed by atoms with Crippen LogP contribution in [0, 0.1) is 34.0 Å². The highest BCUT2D eigenvalue weighted by Crippen LogP contribution is 2.69. The largest absolute Gasteiger partial charge is 0.393 e. The van der Waals surface area contributed by atoms with Gasteiger partial charge in [-0.3, -0.25) is 9.59 Å². The lowest BCUT2D eigenvalue weighted by Crippen LogP contribution is -2.62. The van der Waals surface area contributed by atoms with Crippen molar-refractivity contribution in [3.05, 3.63) is 23.8 Å². The van der Waals surface area contributed by atoms with Crippen molar-refractivity contribution >= 4 is 11.6 Å². The summed E-state index contributed by atoms with van der Waals surface area (Å²) in [5.74, 6) is 0.262. The first-order valence-electron chi connectivity index (χ1n) is 10.2. The van der Waals surface area contributed by atoms with Gasteiger partial charge in [0.1, 0.15) is 5.60 Å². The Morgan fingerprint density at radius 2 is 1.85 bits per heavy atom. The highest BCUT2D eigenvalue weighted by atomic mass is 16.3. The number of carbonyl (C=O) groups is 2. The average molecular weight is 373 g/mol. The van der Waals surface area contributed by atoms with E-state index in [4.69, 9.17) is 0 Å². The Morgan fingerprint density at radius 1 is 1.19 bits per heavy atom. The second kappa shape index (κ2) is 5.42. The number of Topliss-reactive ketones (excluding diaryl/α,β-unsaturated/α-hetero) is 1. The molecule has 0 aromatic rings. The lowest BCUT2D eigenvalue weighted by Gasteiger charge is -2.62. The molecule has 0 heterocycles. The van der Waals surface area contributed by atoms with E-state index in [2.05, 4.69) is 20.8 Å². The van der Waals surface area contributed by atoms with E-state index in [1.165, 1.54) is 6.92 Å². The molecule has 0 aromatic carbocycles. The Morgan fingerprint density at radius 3 is 2.48 bits per heavy atom. The lowest BCUT2D eigenvalue weighted by atomic mass is 9.42. The molecular formula is C23H32O4. The van der Waals surface area contributed by atoms with Gasteiger partial charge in [-0.1, -0.05) is 39.3 Å². The molecule has 1 unspecified atom stereocenters. The molecule has 4 nitrogen and oxygen atoms in total. The average Bonchev–Trinajstić information content (AvgIpc) is 2.81. The Kier molecular flexibility index (Phi) is 3.83. The quantitative estimate of drug-likeness (QED) is 0.741. The zero-order valence-electron chi connectivity index (χ0n) is 17.1. The molecule has 27 heavy (non-hydrogen) atoms. The fourth-order valence-electron chi connectivity index (χ4n) is 7.68. The van der Waals surface area contributed by atoms with Gasteiger partial charge in [-0.25, -0.2) is 0 Å². The summed E-state index contributed by atoms with van der Waals surface area (Å²) in [6.45, 7) is 10.0. The molecule has 2 N–H and O–H groups in total. The Labute approximate surface area is 161 Å². The van der Waals surface area contributed by atoms with Crippen molar-refractivity contribution in [1.29, 1.82) is 0 Å². The molecule has 0 amide bonds. The normalized spacial score (nSPS) is 50.5. The maximum absolute atomic E-state index is 12.4. The van der Waals surface area contributed by atoms with Crippen LogP contribution in [0.15, 0.2) is 23.8 Å². The zero-order valence-corrected chi connectivity index (χ0v) is 17.1. The molecule has 4 aliphatic rings. The molecule has 4 aliphatic carbocycles. The predicted octanol–water partition coefficient (Wildman–Crippen LogP) is 3.22. The Hall–Kier alpha value is -1.26. The van der Waals surface area contributed by atoms with E-state index in [-0.39, 0.29) is 40.2 Å². The maximum atomic E-state index is 12.4. The van der Waals surface area contributed by atoms with Gasteiger partial charge in [0.25, 0.3) is 0 Å². The second-order valence-electron chi connectivity index (χ2n) is 10.6. The summed E-state index contributed by atoms with van der Waals surface area (Å²) in [5.41, 5.74) is -1.35. The number of allylic oxidation sites excluding steroid dienone is 4. The molecule has 4 heteroatoms. The molecule has 4 rings (SSSR count). The van der Waals surface area contributed by atoms with Gasteiger partial charge in [0.15, 0.2) is 11.6 Å². The minimum atomic E-state index is -1.34. The smallest absolute Gasteiger partial charge is 0.178 e. The molecule has 0 aromatic heterocycles. The van der Waals surface area contributed by atoms with Gasteiger partial charge in [0.2, 0.25) is 0 Å². The van der Waals surface area contributed by atoms with Crippen molar-refractivity contribution in [2.75, 3.05) is 0 Å². The number of ketones is 2. The molecule has 7 atom stereocenters. The molecule has 148 valence electrons. The topological polar surface area (TPSA) is 74.6 Å². The van der Waals surface area contributed by atoms with Crippen LogP contribution in [0.25, 0.3) is 0 Å². The van der Waals surface area contributed by atoms with E-state index in [0.717, 1.165) is 18.4 Å². The van der Waals surface area contributed by atoms with Gasteiger partial charge in [-0.2, -0.15) is 0 Å². The van der Waals surface area contributed by atoms with Gasteiger partial charge in [0.05, 0.1) is 6.10 Å². The summed E-state index contributed by atoms with van der Waals surface area (Å²) in [6, 6.07) is 0. The van der Waals surface area contributed by atoms with Gasteiger partial charge in [0, 0.05) is 16.7 Å². The number of hydrogen-bond donors (Lipinski definition) is 2. The van der Waals surface area contributed by atoms with Crippen LogP contribution in [-0.4, -0.2) is 33.5 Å². The summed E-state index contributed by atoms with van der Waals surface area (Å²) in [4.78, 5) is 24.4. The van der Waals surface area contributed by atoms with Crippen LogP contribution < -0.4 is 0 Å². The number of hydrogen-bond acceptors (Lipinski definition) is 4. The van der Waals surface area contributed by atoms with Crippen LogP contribution in [0.2, 0.25) is 0 Å². The van der Waals surface area contributed by atoms with Crippen molar-refractivity contribution in [3.8, 4) is 0 Å². The van der Waals surface area contributed by atoms with E-state index in [1.54, 1.807) is 12.2 Å². The third-order valence-corrected chi connectivity index (χ3v) is 8.82. The molecule has 0 radical (unpaired) electrons. The van der Waals surface area contributed by atoms with Crippen molar-refractivity contribution in [2.24, 2.45) is 34.0 Å². The number of rotatable bonds is 1. The molecule has 3 fully saturated rings. The first-order chi connectivity index (χ1) is 12.4. The van der Waals surface area contributed by atoms with E-state index in [9.17, 15) is 19.8 Å².